The van der Waals surface area contributed by atoms with Gasteiger partial charge in [-0.1, -0.05) is 6.07 Å². The summed E-state index contributed by atoms with van der Waals surface area (Å²) < 4.78 is 26.0. The number of hydrogen-bond acceptors (Lipinski definition) is 2. The van der Waals surface area contributed by atoms with E-state index in [2.05, 4.69) is 20.9 Å². The van der Waals surface area contributed by atoms with E-state index < -0.39 is 11.5 Å². The molecule has 1 fully saturated rings. The summed E-state index contributed by atoms with van der Waals surface area (Å²) in [6.07, 6.45) is 0.988. The molecule has 0 aliphatic heterocycles. The lowest BCUT2D eigenvalue weighted by Crippen LogP contribution is -2.55. The zero-order valence-electron chi connectivity index (χ0n) is 7.30. The third kappa shape index (κ3) is 1.54. The van der Waals surface area contributed by atoms with Crippen molar-refractivity contribution in [1.29, 1.82) is 0 Å². The second kappa shape index (κ2) is 2.97. The van der Waals surface area contributed by atoms with Crippen LogP contribution in [0.15, 0.2) is 22.9 Å². The van der Waals surface area contributed by atoms with Crippen LogP contribution in [0.25, 0.3) is 0 Å². The van der Waals surface area contributed by atoms with Gasteiger partial charge >= 0.3 is 0 Å². The van der Waals surface area contributed by atoms with Gasteiger partial charge in [-0.25, -0.2) is 13.8 Å². The van der Waals surface area contributed by atoms with Crippen molar-refractivity contribution in [2.75, 3.05) is 0 Å². The first-order valence-corrected chi connectivity index (χ1v) is 5.00. The molecule has 1 aliphatic rings. The molecule has 0 unspecified atom stereocenters. The van der Waals surface area contributed by atoms with E-state index in [0.717, 1.165) is 0 Å². The Bertz CT molecular complexity index is 360. The molecule has 14 heavy (non-hydrogen) atoms. The second-order valence-electron chi connectivity index (χ2n) is 3.71. The third-order valence-electron chi connectivity index (χ3n) is 2.44. The highest BCUT2D eigenvalue weighted by molar-refractivity contribution is 9.10. The summed E-state index contributed by atoms with van der Waals surface area (Å²) in [5, 5.41) is 0. The van der Waals surface area contributed by atoms with Crippen LogP contribution >= 0.6 is 15.9 Å². The third-order valence-corrected chi connectivity index (χ3v) is 3.08. The standard InChI is InChI=1S/C9H9BrF2N2/c10-7-6(2-1-3-14-7)8(13)4-9(11,12)5-8/h1-3H,4-5,13H2. The van der Waals surface area contributed by atoms with Crippen molar-refractivity contribution < 1.29 is 8.78 Å². The van der Waals surface area contributed by atoms with Crippen LogP contribution in [0.1, 0.15) is 18.4 Å². The largest absolute Gasteiger partial charge is 0.321 e. The average molecular weight is 263 g/mol. The summed E-state index contributed by atoms with van der Waals surface area (Å²) in [5.41, 5.74) is 5.59. The molecule has 0 bridgehead atoms. The number of nitrogens with zero attached hydrogens (tertiary/aromatic N) is 1. The molecule has 0 radical (unpaired) electrons. The van der Waals surface area contributed by atoms with Gasteiger partial charge in [-0.15, -0.1) is 0 Å². The fourth-order valence-electron chi connectivity index (χ4n) is 1.82. The lowest BCUT2D eigenvalue weighted by molar-refractivity contribution is -0.125. The molecular formula is C9H9BrF2N2. The predicted molar refractivity (Wildman–Crippen MR) is 52.0 cm³/mol. The molecule has 0 spiro atoms. The molecule has 2 nitrogen and oxygen atoms in total. The van der Waals surface area contributed by atoms with Crippen LogP contribution in [-0.4, -0.2) is 10.9 Å². The predicted octanol–water partition coefficient (Wildman–Crippen LogP) is 2.43. The zero-order valence-corrected chi connectivity index (χ0v) is 8.89. The van der Waals surface area contributed by atoms with E-state index in [-0.39, 0.29) is 12.8 Å². The monoisotopic (exact) mass is 262 g/mol. The number of hydrogen-bond donors (Lipinski definition) is 1. The fraction of sp³-hybridized carbons (Fsp3) is 0.444. The number of pyridine rings is 1. The van der Waals surface area contributed by atoms with Gasteiger partial charge in [0, 0.05) is 24.6 Å². The Hall–Kier alpha value is -0.550. The van der Waals surface area contributed by atoms with Gasteiger partial charge < -0.3 is 5.73 Å². The molecule has 0 aromatic carbocycles. The Morgan fingerprint density at radius 3 is 2.57 bits per heavy atom. The van der Waals surface area contributed by atoms with E-state index in [1.165, 1.54) is 0 Å². The molecular weight excluding hydrogens is 254 g/mol. The van der Waals surface area contributed by atoms with E-state index in [4.69, 9.17) is 5.73 Å². The van der Waals surface area contributed by atoms with Crippen molar-refractivity contribution >= 4 is 15.9 Å². The minimum absolute atomic E-state index is 0.301. The van der Waals surface area contributed by atoms with Gasteiger partial charge in [0.15, 0.2) is 0 Å². The van der Waals surface area contributed by atoms with Gasteiger partial charge in [-0.3, -0.25) is 0 Å². The first-order valence-electron chi connectivity index (χ1n) is 4.21. The first-order chi connectivity index (χ1) is 6.43. The minimum Gasteiger partial charge on any atom is -0.321 e. The van der Waals surface area contributed by atoms with Gasteiger partial charge in [-0.05, 0) is 22.0 Å². The molecule has 1 heterocycles. The normalized spacial score (nSPS) is 22.9. The SMILES string of the molecule is NC1(c2cccnc2Br)CC(F)(F)C1. The Labute approximate surface area is 88.6 Å². The highest BCUT2D eigenvalue weighted by Gasteiger charge is 2.55. The lowest BCUT2D eigenvalue weighted by Gasteiger charge is -2.44. The Kier molecular flexibility index (Phi) is 2.12. The zero-order chi connectivity index (χ0) is 10.4. The molecule has 2 rings (SSSR count). The summed E-state index contributed by atoms with van der Waals surface area (Å²) in [7, 11) is 0. The Morgan fingerprint density at radius 2 is 2.07 bits per heavy atom. The summed E-state index contributed by atoms with van der Waals surface area (Å²) in [6, 6.07) is 3.43. The Morgan fingerprint density at radius 1 is 1.43 bits per heavy atom. The van der Waals surface area contributed by atoms with E-state index in [1.54, 1.807) is 18.3 Å². The molecule has 1 aromatic heterocycles. The van der Waals surface area contributed by atoms with Crippen molar-refractivity contribution in [3.8, 4) is 0 Å². The molecule has 2 N–H and O–H groups in total. The van der Waals surface area contributed by atoms with Crippen LogP contribution in [0.3, 0.4) is 0 Å². The van der Waals surface area contributed by atoms with Crippen LogP contribution in [0.4, 0.5) is 8.78 Å². The fourth-order valence-corrected chi connectivity index (χ4v) is 2.46. The number of alkyl halides is 2. The maximum Gasteiger partial charge on any atom is 0.252 e. The van der Waals surface area contributed by atoms with Crippen LogP contribution in [0.2, 0.25) is 0 Å². The summed E-state index contributed by atoms with van der Waals surface area (Å²) in [4.78, 5) is 3.97. The highest BCUT2D eigenvalue weighted by atomic mass is 79.9. The van der Waals surface area contributed by atoms with Gasteiger partial charge in [0.1, 0.15) is 4.60 Å². The summed E-state index contributed by atoms with van der Waals surface area (Å²) in [6.45, 7) is 0. The maximum atomic E-state index is 12.7. The second-order valence-corrected chi connectivity index (χ2v) is 4.46. The minimum atomic E-state index is -2.62. The molecule has 76 valence electrons. The molecule has 0 atom stereocenters. The van der Waals surface area contributed by atoms with E-state index in [0.29, 0.717) is 10.2 Å². The molecule has 0 amide bonds. The Balaban J connectivity index is 2.30. The number of rotatable bonds is 1. The molecule has 5 heteroatoms. The van der Waals surface area contributed by atoms with Crippen molar-refractivity contribution in [3.63, 3.8) is 0 Å². The topological polar surface area (TPSA) is 38.9 Å². The van der Waals surface area contributed by atoms with Crippen LogP contribution in [0.5, 0.6) is 0 Å². The van der Waals surface area contributed by atoms with Crippen molar-refractivity contribution in [1.82, 2.24) is 4.98 Å². The van der Waals surface area contributed by atoms with E-state index in [1.807, 2.05) is 0 Å². The first kappa shape index (κ1) is 9.98. The van der Waals surface area contributed by atoms with Crippen molar-refractivity contribution in [3.05, 3.63) is 28.5 Å². The lowest BCUT2D eigenvalue weighted by atomic mass is 9.70. The van der Waals surface area contributed by atoms with Crippen molar-refractivity contribution in [2.45, 2.75) is 24.3 Å². The molecule has 1 saturated carbocycles. The number of aromatic nitrogens is 1. The van der Waals surface area contributed by atoms with Crippen LogP contribution in [0, 0.1) is 0 Å². The quantitative estimate of drug-likeness (QED) is 0.790. The molecule has 0 saturated heterocycles. The number of nitrogens with two attached hydrogens (primary N) is 1. The average Bonchev–Trinajstić information content (AvgIpc) is 2.00. The van der Waals surface area contributed by atoms with Crippen molar-refractivity contribution in [2.24, 2.45) is 5.73 Å². The van der Waals surface area contributed by atoms with Gasteiger partial charge in [0.05, 0.1) is 5.54 Å². The van der Waals surface area contributed by atoms with Gasteiger partial charge in [0.25, 0.3) is 5.92 Å². The molecule has 1 aromatic rings. The summed E-state index contributed by atoms with van der Waals surface area (Å²) >= 11 is 3.21. The van der Waals surface area contributed by atoms with Crippen LogP contribution < -0.4 is 5.73 Å². The number of halogens is 3. The van der Waals surface area contributed by atoms with Crippen LogP contribution in [-0.2, 0) is 5.54 Å². The van der Waals surface area contributed by atoms with E-state index >= 15 is 0 Å². The van der Waals surface area contributed by atoms with E-state index in [9.17, 15) is 8.78 Å². The smallest absolute Gasteiger partial charge is 0.252 e. The maximum absolute atomic E-state index is 12.7. The van der Waals surface area contributed by atoms with Gasteiger partial charge in [-0.2, -0.15) is 0 Å². The highest BCUT2D eigenvalue weighted by Crippen LogP contribution is 2.50. The molecule has 1 aliphatic carbocycles. The summed E-state index contributed by atoms with van der Waals surface area (Å²) in [5.74, 6) is -2.62. The van der Waals surface area contributed by atoms with Gasteiger partial charge in [0.2, 0.25) is 0 Å².